The van der Waals surface area contributed by atoms with Gasteiger partial charge in [-0.15, -0.1) is 0 Å². The molecule has 8 nitrogen and oxygen atoms in total. The maximum Gasteiger partial charge on any atom is 0.309 e. The number of piperazine rings is 1. The third-order valence-electron chi connectivity index (χ3n) is 5.19. The molecule has 0 aliphatic carbocycles. The van der Waals surface area contributed by atoms with Gasteiger partial charge in [-0.05, 0) is 25.0 Å². The van der Waals surface area contributed by atoms with Gasteiger partial charge in [0.1, 0.15) is 11.9 Å². The van der Waals surface area contributed by atoms with E-state index in [1.54, 1.807) is 6.92 Å². The summed E-state index contributed by atoms with van der Waals surface area (Å²) in [5.74, 6) is 0.0723. The van der Waals surface area contributed by atoms with E-state index in [0.29, 0.717) is 31.7 Å². The van der Waals surface area contributed by atoms with E-state index in [4.69, 9.17) is 0 Å². The van der Waals surface area contributed by atoms with Crippen LogP contribution in [0.15, 0.2) is 30.5 Å². The zero-order valence-electron chi connectivity index (χ0n) is 15.8. The zero-order chi connectivity index (χ0) is 19.4. The molecule has 0 radical (unpaired) electrons. The van der Waals surface area contributed by atoms with Gasteiger partial charge in [-0.25, -0.2) is 0 Å². The first-order valence-corrected chi connectivity index (χ1v) is 9.17. The Kier molecular flexibility index (Phi) is 5.85. The van der Waals surface area contributed by atoms with Gasteiger partial charge in [0.25, 0.3) is 0 Å². The first kappa shape index (κ1) is 19.0. The summed E-state index contributed by atoms with van der Waals surface area (Å²) in [6, 6.07) is 8.38. The van der Waals surface area contributed by atoms with E-state index in [-0.39, 0.29) is 11.6 Å². The van der Waals surface area contributed by atoms with E-state index in [1.807, 2.05) is 11.0 Å². The summed E-state index contributed by atoms with van der Waals surface area (Å²) in [5, 5.41) is 14.9. The molecule has 0 N–H and O–H groups in total. The number of nitro groups is 1. The molecule has 1 fully saturated rings. The van der Waals surface area contributed by atoms with Crippen LogP contribution in [0.25, 0.3) is 0 Å². The Bertz CT molecular complexity index is 825. The number of aromatic nitrogens is 2. The minimum absolute atomic E-state index is 0.00716. The lowest BCUT2D eigenvalue weighted by molar-refractivity contribution is -0.385. The Hall–Kier alpha value is -2.74. The molecule has 0 unspecified atom stereocenters. The van der Waals surface area contributed by atoms with Crippen molar-refractivity contribution in [3.8, 4) is 0 Å². The molecule has 1 amide bonds. The molecule has 0 saturated carbocycles. The second-order valence-corrected chi connectivity index (χ2v) is 6.93. The lowest BCUT2D eigenvalue weighted by Crippen LogP contribution is -2.48. The van der Waals surface area contributed by atoms with Crippen LogP contribution in [0.2, 0.25) is 0 Å². The molecule has 8 heteroatoms. The number of aryl methyl sites for hydroxylation is 2. The average Bonchev–Trinajstić information content (AvgIpc) is 3.03. The van der Waals surface area contributed by atoms with Crippen molar-refractivity contribution >= 4 is 11.6 Å². The van der Waals surface area contributed by atoms with E-state index >= 15 is 0 Å². The summed E-state index contributed by atoms with van der Waals surface area (Å²) in [4.78, 5) is 27.1. The zero-order valence-corrected chi connectivity index (χ0v) is 15.8. The monoisotopic (exact) mass is 371 g/mol. The van der Waals surface area contributed by atoms with Gasteiger partial charge in [0.2, 0.25) is 5.91 Å². The number of carbonyl (C=O) groups excluding carboxylic acids is 1. The van der Waals surface area contributed by atoms with Crippen LogP contribution in [-0.2, 0) is 17.9 Å². The smallest absolute Gasteiger partial charge is 0.309 e. The van der Waals surface area contributed by atoms with Crippen molar-refractivity contribution in [3.63, 3.8) is 0 Å². The van der Waals surface area contributed by atoms with Crippen LogP contribution in [-0.4, -0.2) is 56.6 Å². The normalized spacial score (nSPS) is 15.1. The van der Waals surface area contributed by atoms with Gasteiger partial charge in [0, 0.05) is 39.1 Å². The first-order chi connectivity index (χ1) is 13.0. The number of hydrogen-bond donors (Lipinski definition) is 0. The van der Waals surface area contributed by atoms with E-state index in [9.17, 15) is 14.9 Å². The molecule has 27 heavy (non-hydrogen) atoms. The van der Waals surface area contributed by atoms with Gasteiger partial charge in [0.05, 0.1) is 11.5 Å². The molecular formula is C19H25N5O3. The van der Waals surface area contributed by atoms with Gasteiger partial charge in [0.15, 0.2) is 0 Å². The van der Waals surface area contributed by atoms with Crippen LogP contribution >= 0.6 is 0 Å². The molecule has 1 saturated heterocycles. The number of hydrogen-bond acceptors (Lipinski definition) is 5. The predicted molar refractivity (Wildman–Crippen MR) is 101 cm³/mol. The highest BCUT2D eigenvalue weighted by Gasteiger charge is 2.22. The van der Waals surface area contributed by atoms with Crippen LogP contribution in [0.5, 0.6) is 0 Å². The Morgan fingerprint density at radius 3 is 2.52 bits per heavy atom. The molecule has 1 aromatic heterocycles. The summed E-state index contributed by atoms with van der Waals surface area (Å²) in [7, 11) is 0. The summed E-state index contributed by atoms with van der Waals surface area (Å²) in [6.45, 7) is 8.17. The van der Waals surface area contributed by atoms with Crippen LogP contribution in [0.4, 0.5) is 5.69 Å². The van der Waals surface area contributed by atoms with Crippen molar-refractivity contribution in [1.82, 2.24) is 19.6 Å². The van der Waals surface area contributed by atoms with Gasteiger partial charge in [-0.3, -0.25) is 24.5 Å². The quantitative estimate of drug-likeness (QED) is 0.574. The number of benzene rings is 1. The number of carbonyl (C=O) groups is 1. The highest BCUT2D eigenvalue weighted by atomic mass is 16.6. The van der Waals surface area contributed by atoms with E-state index in [1.165, 1.54) is 22.0 Å². The first-order valence-electron chi connectivity index (χ1n) is 9.17. The average molecular weight is 371 g/mol. The fraction of sp³-hybridized carbons (Fsp3) is 0.474. The standard InChI is InChI=1S/C19H25N5O3/c1-15-5-3-4-6-17(15)14-21-9-11-22(12-10-21)19(25)7-8-23-16(2)18(13-20-23)24(26)27/h3-6,13H,7-12,14H2,1-2H3. The third-order valence-corrected chi connectivity index (χ3v) is 5.19. The second kappa shape index (κ2) is 8.30. The number of rotatable bonds is 6. The van der Waals surface area contributed by atoms with Crippen molar-refractivity contribution in [2.45, 2.75) is 33.4 Å². The minimum atomic E-state index is -0.450. The molecule has 2 heterocycles. The molecule has 2 aromatic rings. The van der Waals surface area contributed by atoms with E-state index in [2.05, 4.69) is 35.1 Å². The highest BCUT2D eigenvalue weighted by Crippen LogP contribution is 2.17. The van der Waals surface area contributed by atoms with Crippen LogP contribution in [0, 0.1) is 24.0 Å². The van der Waals surface area contributed by atoms with Crippen LogP contribution < -0.4 is 0 Å². The number of nitrogens with zero attached hydrogens (tertiary/aromatic N) is 5. The fourth-order valence-electron chi connectivity index (χ4n) is 3.38. The molecule has 1 aromatic carbocycles. The topological polar surface area (TPSA) is 84.5 Å². The maximum atomic E-state index is 12.5. The predicted octanol–water partition coefficient (Wildman–Crippen LogP) is 2.14. The molecule has 0 atom stereocenters. The Balaban J connectivity index is 1.47. The lowest BCUT2D eigenvalue weighted by atomic mass is 10.1. The maximum absolute atomic E-state index is 12.5. The summed E-state index contributed by atoms with van der Waals surface area (Å²) in [5.41, 5.74) is 3.09. The van der Waals surface area contributed by atoms with Crippen molar-refractivity contribution < 1.29 is 9.72 Å². The third kappa shape index (κ3) is 4.51. The fourth-order valence-corrected chi connectivity index (χ4v) is 3.38. The lowest BCUT2D eigenvalue weighted by Gasteiger charge is -2.35. The Morgan fingerprint density at radius 2 is 1.89 bits per heavy atom. The van der Waals surface area contributed by atoms with Gasteiger partial charge >= 0.3 is 5.69 Å². The molecule has 3 rings (SSSR count). The molecule has 0 spiro atoms. The minimum Gasteiger partial charge on any atom is -0.340 e. The molecule has 144 valence electrons. The summed E-state index contributed by atoms with van der Waals surface area (Å²) < 4.78 is 1.53. The molecular weight excluding hydrogens is 346 g/mol. The van der Waals surface area contributed by atoms with Crippen molar-refractivity contribution in [3.05, 3.63) is 57.4 Å². The van der Waals surface area contributed by atoms with Gasteiger partial charge in [-0.1, -0.05) is 24.3 Å². The molecule has 0 bridgehead atoms. The Labute approximate surface area is 158 Å². The molecule has 1 aliphatic heterocycles. The van der Waals surface area contributed by atoms with Crippen molar-refractivity contribution in [1.29, 1.82) is 0 Å². The van der Waals surface area contributed by atoms with Crippen LogP contribution in [0.3, 0.4) is 0 Å². The van der Waals surface area contributed by atoms with E-state index < -0.39 is 4.92 Å². The summed E-state index contributed by atoms with van der Waals surface area (Å²) >= 11 is 0. The van der Waals surface area contributed by atoms with Gasteiger partial charge < -0.3 is 4.90 Å². The van der Waals surface area contributed by atoms with E-state index in [0.717, 1.165) is 19.6 Å². The Morgan fingerprint density at radius 1 is 1.19 bits per heavy atom. The number of amides is 1. The van der Waals surface area contributed by atoms with Gasteiger partial charge in [-0.2, -0.15) is 5.10 Å². The SMILES string of the molecule is Cc1ccccc1CN1CCN(C(=O)CCn2ncc([N+](=O)[O-])c2C)CC1. The largest absolute Gasteiger partial charge is 0.340 e. The second-order valence-electron chi connectivity index (χ2n) is 6.93. The summed E-state index contributed by atoms with van der Waals surface area (Å²) in [6.07, 6.45) is 1.54. The van der Waals surface area contributed by atoms with Crippen molar-refractivity contribution in [2.24, 2.45) is 0 Å². The highest BCUT2D eigenvalue weighted by molar-refractivity contribution is 5.76. The molecule has 1 aliphatic rings. The van der Waals surface area contributed by atoms with Crippen molar-refractivity contribution in [2.75, 3.05) is 26.2 Å². The van der Waals surface area contributed by atoms with Crippen LogP contribution in [0.1, 0.15) is 23.2 Å².